The van der Waals surface area contributed by atoms with Crippen molar-refractivity contribution in [2.45, 2.75) is 20.3 Å². The lowest BCUT2D eigenvalue weighted by atomic mass is 10.2. The van der Waals surface area contributed by atoms with Gasteiger partial charge >= 0.3 is 0 Å². The van der Waals surface area contributed by atoms with Crippen molar-refractivity contribution in [2.24, 2.45) is 0 Å². The number of nitrogens with zero attached hydrogens (tertiary/aromatic N) is 2. The molecule has 0 aliphatic rings. The molecule has 0 aliphatic carbocycles. The van der Waals surface area contributed by atoms with Gasteiger partial charge in [0, 0.05) is 0 Å². The van der Waals surface area contributed by atoms with E-state index in [1.54, 1.807) is 6.92 Å². The number of nitrogens with one attached hydrogen (secondary N) is 1. The monoisotopic (exact) mass is 261 g/mol. The van der Waals surface area contributed by atoms with Crippen LogP contribution in [0.5, 0.6) is 5.75 Å². The number of ether oxygens (including phenoxy) is 1. The Morgan fingerprint density at radius 1 is 1.32 bits per heavy atom. The van der Waals surface area contributed by atoms with Crippen molar-refractivity contribution >= 4 is 11.7 Å². The lowest BCUT2D eigenvalue weighted by Gasteiger charge is -2.06. The molecule has 0 atom stereocenters. The molecule has 6 heteroatoms. The summed E-state index contributed by atoms with van der Waals surface area (Å²) in [4.78, 5) is 11.6. The molecule has 0 saturated carbocycles. The topological polar surface area (TPSA) is 77.2 Å². The van der Waals surface area contributed by atoms with Crippen molar-refractivity contribution in [1.82, 2.24) is 10.3 Å². The number of benzene rings is 1. The molecule has 1 heterocycles. The number of anilines is 1. The van der Waals surface area contributed by atoms with Crippen LogP contribution in [-0.2, 0) is 11.2 Å². The van der Waals surface area contributed by atoms with Crippen molar-refractivity contribution in [3.63, 3.8) is 0 Å². The van der Waals surface area contributed by atoms with Crippen LogP contribution in [0, 0.1) is 6.92 Å². The third-order valence-electron chi connectivity index (χ3n) is 2.61. The zero-order valence-electron chi connectivity index (χ0n) is 10.8. The first-order valence-corrected chi connectivity index (χ1v) is 5.99. The molecule has 0 unspecified atom stereocenters. The van der Waals surface area contributed by atoms with Gasteiger partial charge in [0.2, 0.25) is 0 Å². The van der Waals surface area contributed by atoms with E-state index in [0.29, 0.717) is 17.3 Å². The van der Waals surface area contributed by atoms with E-state index >= 15 is 0 Å². The van der Waals surface area contributed by atoms with Crippen molar-refractivity contribution in [3.8, 4) is 5.75 Å². The van der Waals surface area contributed by atoms with E-state index in [-0.39, 0.29) is 12.5 Å². The smallest absolute Gasteiger partial charge is 0.263 e. The summed E-state index contributed by atoms with van der Waals surface area (Å²) in [6, 6.07) is 7.63. The van der Waals surface area contributed by atoms with Gasteiger partial charge in [-0.05, 0) is 36.2 Å². The molecule has 1 aromatic heterocycles. The Morgan fingerprint density at radius 2 is 2.05 bits per heavy atom. The first-order chi connectivity index (χ1) is 9.19. The van der Waals surface area contributed by atoms with Gasteiger partial charge in [0.15, 0.2) is 12.4 Å². The normalized spacial score (nSPS) is 10.2. The first kappa shape index (κ1) is 13.1. The molecular formula is C13H15N3O3. The molecule has 1 N–H and O–H groups in total. The van der Waals surface area contributed by atoms with Gasteiger partial charge in [-0.15, -0.1) is 0 Å². The summed E-state index contributed by atoms with van der Waals surface area (Å²) in [7, 11) is 0. The molecule has 0 aliphatic heterocycles. The van der Waals surface area contributed by atoms with Crippen molar-refractivity contribution in [1.29, 1.82) is 0 Å². The van der Waals surface area contributed by atoms with Gasteiger partial charge in [0.25, 0.3) is 5.91 Å². The summed E-state index contributed by atoms with van der Waals surface area (Å²) >= 11 is 0. The average Bonchev–Trinajstić information content (AvgIpc) is 2.82. The van der Waals surface area contributed by atoms with Crippen LogP contribution in [0.15, 0.2) is 28.9 Å². The largest absolute Gasteiger partial charge is 0.484 e. The molecular weight excluding hydrogens is 246 g/mol. The fourth-order valence-corrected chi connectivity index (χ4v) is 1.48. The van der Waals surface area contributed by atoms with Gasteiger partial charge in [-0.25, -0.2) is 4.63 Å². The van der Waals surface area contributed by atoms with Gasteiger partial charge < -0.3 is 10.1 Å². The number of hydrogen-bond acceptors (Lipinski definition) is 5. The van der Waals surface area contributed by atoms with Crippen molar-refractivity contribution in [2.75, 3.05) is 11.9 Å². The minimum Gasteiger partial charge on any atom is -0.484 e. The molecule has 100 valence electrons. The number of amides is 1. The Labute approximate surface area is 110 Å². The van der Waals surface area contributed by atoms with E-state index in [1.165, 1.54) is 5.56 Å². The predicted octanol–water partition coefficient (Wildman–Crippen LogP) is 1.96. The third-order valence-corrected chi connectivity index (χ3v) is 2.61. The highest BCUT2D eigenvalue weighted by atomic mass is 16.6. The van der Waals surface area contributed by atoms with E-state index in [4.69, 9.17) is 4.74 Å². The fourth-order valence-electron chi connectivity index (χ4n) is 1.48. The number of carbonyl (C=O) groups is 1. The molecule has 0 radical (unpaired) electrons. The standard InChI is InChI=1S/C13H15N3O3/c1-3-10-4-6-11(7-5-10)18-8-12(17)14-13-9(2)15-19-16-13/h4-7H,3,8H2,1-2H3,(H,14,16,17). The summed E-state index contributed by atoms with van der Waals surface area (Å²) in [6.45, 7) is 3.69. The van der Waals surface area contributed by atoms with Crippen LogP contribution < -0.4 is 10.1 Å². The summed E-state index contributed by atoms with van der Waals surface area (Å²) in [5, 5.41) is 9.68. The summed E-state index contributed by atoms with van der Waals surface area (Å²) < 4.78 is 9.84. The second-order valence-electron chi connectivity index (χ2n) is 4.03. The van der Waals surface area contributed by atoms with Crippen LogP contribution in [0.4, 0.5) is 5.82 Å². The Kier molecular flexibility index (Phi) is 4.12. The molecule has 1 aromatic carbocycles. The fraction of sp³-hybridized carbons (Fsp3) is 0.308. The average molecular weight is 261 g/mol. The zero-order chi connectivity index (χ0) is 13.7. The Balaban J connectivity index is 1.84. The lowest BCUT2D eigenvalue weighted by molar-refractivity contribution is -0.118. The molecule has 0 fully saturated rings. The van der Waals surface area contributed by atoms with Crippen LogP contribution in [0.3, 0.4) is 0 Å². The number of hydrogen-bond donors (Lipinski definition) is 1. The van der Waals surface area contributed by atoms with E-state index in [0.717, 1.165) is 6.42 Å². The van der Waals surface area contributed by atoms with Crippen LogP contribution in [0.1, 0.15) is 18.2 Å². The Bertz CT molecular complexity index is 549. The molecule has 0 spiro atoms. The quantitative estimate of drug-likeness (QED) is 0.890. The van der Waals surface area contributed by atoms with E-state index in [2.05, 4.69) is 27.2 Å². The summed E-state index contributed by atoms with van der Waals surface area (Å²) in [5.74, 6) is 0.663. The predicted molar refractivity (Wildman–Crippen MR) is 69.0 cm³/mol. The summed E-state index contributed by atoms with van der Waals surface area (Å²) in [5.41, 5.74) is 1.75. The van der Waals surface area contributed by atoms with Gasteiger partial charge in [0.05, 0.1) is 0 Å². The highest BCUT2D eigenvalue weighted by molar-refractivity contribution is 5.91. The number of aromatic nitrogens is 2. The van der Waals surface area contributed by atoms with Gasteiger partial charge in [-0.3, -0.25) is 4.79 Å². The SMILES string of the molecule is CCc1ccc(OCC(=O)Nc2nonc2C)cc1. The number of aryl methyl sites for hydroxylation is 2. The summed E-state index contributed by atoms with van der Waals surface area (Å²) in [6.07, 6.45) is 0.971. The molecule has 2 aromatic rings. The first-order valence-electron chi connectivity index (χ1n) is 5.99. The van der Waals surface area contributed by atoms with Crippen LogP contribution in [0.25, 0.3) is 0 Å². The van der Waals surface area contributed by atoms with Crippen LogP contribution >= 0.6 is 0 Å². The maximum atomic E-state index is 11.6. The van der Waals surface area contributed by atoms with E-state index in [1.807, 2.05) is 24.3 Å². The highest BCUT2D eigenvalue weighted by Crippen LogP contribution is 2.13. The van der Waals surface area contributed by atoms with E-state index in [9.17, 15) is 4.79 Å². The van der Waals surface area contributed by atoms with Gasteiger partial charge in [-0.2, -0.15) is 0 Å². The molecule has 0 saturated heterocycles. The Hall–Kier alpha value is -2.37. The molecule has 2 rings (SSSR count). The van der Waals surface area contributed by atoms with Crippen LogP contribution in [0.2, 0.25) is 0 Å². The highest BCUT2D eigenvalue weighted by Gasteiger charge is 2.09. The molecule has 1 amide bonds. The van der Waals surface area contributed by atoms with Crippen LogP contribution in [-0.4, -0.2) is 22.8 Å². The second-order valence-corrected chi connectivity index (χ2v) is 4.03. The van der Waals surface area contributed by atoms with Gasteiger partial charge in [-0.1, -0.05) is 24.2 Å². The third kappa shape index (κ3) is 3.54. The molecule has 19 heavy (non-hydrogen) atoms. The van der Waals surface area contributed by atoms with Crippen molar-refractivity contribution in [3.05, 3.63) is 35.5 Å². The van der Waals surface area contributed by atoms with Crippen molar-refractivity contribution < 1.29 is 14.2 Å². The maximum Gasteiger partial charge on any atom is 0.263 e. The minimum atomic E-state index is -0.307. The van der Waals surface area contributed by atoms with Gasteiger partial charge in [0.1, 0.15) is 11.4 Å². The number of carbonyl (C=O) groups excluding carboxylic acids is 1. The Morgan fingerprint density at radius 3 is 2.63 bits per heavy atom. The lowest BCUT2D eigenvalue weighted by Crippen LogP contribution is -2.20. The number of rotatable bonds is 5. The zero-order valence-corrected chi connectivity index (χ0v) is 10.8. The van der Waals surface area contributed by atoms with E-state index < -0.39 is 0 Å². The maximum absolute atomic E-state index is 11.6. The molecule has 0 bridgehead atoms. The second kappa shape index (κ2) is 5.99. The molecule has 6 nitrogen and oxygen atoms in total. The minimum absolute atomic E-state index is 0.0855.